The Kier molecular flexibility index (Phi) is 3.67. The highest BCUT2D eigenvalue weighted by Crippen LogP contribution is 2.17. The molecule has 94 valence electrons. The van der Waals surface area contributed by atoms with Gasteiger partial charge in [0.1, 0.15) is 11.5 Å². The number of carbonyl (C=O) groups is 1. The Bertz CT molecular complexity index is 545. The molecule has 0 unspecified atom stereocenters. The van der Waals surface area contributed by atoms with Crippen LogP contribution in [-0.4, -0.2) is 11.1 Å². The van der Waals surface area contributed by atoms with Crippen molar-refractivity contribution in [1.29, 1.82) is 0 Å². The summed E-state index contributed by atoms with van der Waals surface area (Å²) in [5, 5.41) is 12.1. The molecule has 0 aliphatic carbocycles. The Morgan fingerprint density at radius 2 is 1.94 bits per heavy atom. The summed E-state index contributed by atoms with van der Waals surface area (Å²) in [6.45, 7) is 2.50. The van der Waals surface area contributed by atoms with E-state index in [0.717, 1.165) is 17.9 Å². The second-order valence-corrected chi connectivity index (χ2v) is 3.93. The molecule has 1 heterocycles. The van der Waals surface area contributed by atoms with Gasteiger partial charge in [-0.25, -0.2) is 4.79 Å². The minimum absolute atomic E-state index is 0.264. The molecule has 2 N–H and O–H groups in total. The van der Waals surface area contributed by atoms with Gasteiger partial charge in [-0.05, 0) is 24.3 Å². The van der Waals surface area contributed by atoms with Crippen molar-refractivity contribution in [2.24, 2.45) is 0 Å². The summed E-state index contributed by atoms with van der Waals surface area (Å²) >= 11 is 0. The standard InChI is InChI=1S/C14H15NO3/c1-2-10-7-8-11(18-10)9-15-13-6-4-3-5-12(13)14(16)17/h3-8,15H,2,9H2,1H3,(H,16,17). The van der Waals surface area contributed by atoms with Gasteiger partial charge in [0.2, 0.25) is 0 Å². The predicted molar refractivity (Wildman–Crippen MR) is 68.8 cm³/mol. The molecule has 0 atom stereocenters. The molecule has 0 saturated carbocycles. The number of carboxylic acids is 1. The number of hydrogen-bond acceptors (Lipinski definition) is 3. The van der Waals surface area contributed by atoms with Crippen molar-refractivity contribution < 1.29 is 14.3 Å². The first-order valence-corrected chi connectivity index (χ1v) is 5.84. The largest absolute Gasteiger partial charge is 0.478 e. The predicted octanol–water partition coefficient (Wildman–Crippen LogP) is 3.15. The Morgan fingerprint density at radius 3 is 2.61 bits per heavy atom. The minimum Gasteiger partial charge on any atom is -0.478 e. The highest BCUT2D eigenvalue weighted by Gasteiger charge is 2.09. The summed E-state index contributed by atoms with van der Waals surface area (Å²) in [4.78, 5) is 11.0. The van der Waals surface area contributed by atoms with Gasteiger partial charge in [-0.2, -0.15) is 0 Å². The maximum Gasteiger partial charge on any atom is 0.337 e. The van der Waals surface area contributed by atoms with E-state index in [2.05, 4.69) is 5.32 Å². The van der Waals surface area contributed by atoms with Crippen LogP contribution in [0.15, 0.2) is 40.8 Å². The van der Waals surface area contributed by atoms with E-state index in [1.165, 1.54) is 0 Å². The maximum atomic E-state index is 11.0. The Balaban J connectivity index is 2.08. The van der Waals surface area contributed by atoms with Gasteiger partial charge in [-0.3, -0.25) is 0 Å². The molecule has 0 aliphatic heterocycles. The summed E-state index contributed by atoms with van der Waals surface area (Å²) in [6.07, 6.45) is 0.853. The topological polar surface area (TPSA) is 62.5 Å². The normalized spacial score (nSPS) is 10.3. The summed E-state index contributed by atoms with van der Waals surface area (Å²) in [6, 6.07) is 10.7. The SMILES string of the molecule is CCc1ccc(CNc2ccccc2C(=O)O)o1. The zero-order chi connectivity index (χ0) is 13.0. The van der Waals surface area contributed by atoms with Gasteiger partial charge < -0.3 is 14.8 Å². The fourth-order valence-corrected chi connectivity index (χ4v) is 1.71. The lowest BCUT2D eigenvalue weighted by molar-refractivity contribution is 0.0698. The molecule has 0 radical (unpaired) electrons. The molecular weight excluding hydrogens is 230 g/mol. The van der Waals surface area contributed by atoms with Crippen molar-refractivity contribution in [3.63, 3.8) is 0 Å². The van der Waals surface area contributed by atoms with Gasteiger partial charge in [0.05, 0.1) is 12.1 Å². The molecule has 4 nitrogen and oxygen atoms in total. The molecule has 2 rings (SSSR count). The molecule has 1 aromatic heterocycles. The van der Waals surface area contributed by atoms with Crippen molar-refractivity contribution in [3.05, 3.63) is 53.5 Å². The number of nitrogens with one attached hydrogen (secondary N) is 1. The Labute approximate surface area is 105 Å². The first-order valence-electron chi connectivity index (χ1n) is 5.84. The molecule has 0 saturated heterocycles. The van der Waals surface area contributed by atoms with E-state index in [9.17, 15) is 4.79 Å². The van der Waals surface area contributed by atoms with E-state index in [-0.39, 0.29) is 5.56 Å². The number of furan rings is 1. The highest BCUT2D eigenvalue weighted by atomic mass is 16.4. The van der Waals surface area contributed by atoms with Gasteiger partial charge in [-0.1, -0.05) is 19.1 Å². The maximum absolute atomic E-state index is 11.0. The second kappa shape index (κ2) is 5.40. The fraction of sp³-hybridized carbons (Fsp3) is 0.214. The number of rotatable bonds is 5. The van der Waals surface area contributed by atoms with Crippen LogP contribution in [0.1, 0.15) is 28.8 Å². The van der Waals surface area contributed by atoms with Crippen LogP contribution in [0.2, 0.25) is 0 Å². The van der Waals surface area contributed by atoms with Crippen molar-refractivity contribution in [3.8, 4) is 0 Å². The summed E-state index contributed by atoms with van der Waals surface area (Å²) < 4.78 is 5.54. The third-order valence-electron chi connectivity index (χ3n) is 2.68. The minimum atomic E-state index is -0.938. The van der Waals surface area contributed by atoms with E-state index >= 15 is 0 Å². The lowest BCUT2D eigenvalue weighted by atomic mass is 10.2. The van der Waals surface area contributed by atoms with Crippen LogP contribution in [0.5, 0.6) is 0 Å². The van der Waals surface area contributed by atoms with Gasteiger partial charge in [-0.15, -0.1) is 0 Å². The van der Waals surface area contributed by atoms with Crippen LogP contribution >= 0.6 is 0 Å². The van der Waals surface area contributed by atoms with Gasteiger partial charge in [0.25, 0.3) is 0 Å². The summed E-state index contributed by atoms with van der Waals surface area (Å²) in [5.41, 5.74) is 0.860. The van der Waals surface area contributed by atoms with Crippen LogP contribution in [0.4, 0.5) is 5.69 Å². The zero-order valence-electron chi connectivity index (χ0n) is 10.1. The van der Waals surface area contributed by atoms with Crippen LogP contribution in [-0.2, 0) is 13.0 Å². The van der Waals surface area contributed by atoms with E-state index in [0.29, 0.717) is 12.2 Å². The number of anilines is 1. The van der Waals surface area contributed by atoms with E-state index in [4.69, 9.17) is 9.52 Å². The van der Waals surface area contributed by atoms with Gasteiger partial charge in [0, 0.05) is 12.1 Å². The third kappa shape index (κ3) is 2.71. The molecule has 2 aromatic rings. The number of carboxylic acid groups (broad SMARTS) is 1. The first kappa shape index (κ1) is 12.2. The number of hydrogen-bond donors (Lipinski definition) is 2. The number of aryl methyl sites for hydroxylation is 1. The average Bonchev–Trinajstić information content (AvgIpc) is 2.84. The molecule has 0 amide bonds. The monoisotopic (exact) mass is 245 g/mol. The molecule has 0 bridgehead atoms. The lowest BCUT2D eigenvalue weighted by Gasteiger charge is -2.07. The molecule has 0 aliphatic rings. The lowest BCUT2D eigenvalue weighted by Crippen LogP contribution is -2.05. The fourth-order valence-electron chi connectivity index (χ4n) is 1.71. The molecule has 18 heavy (non-hydrogen) atoms. The first-order chi connectivity index (χ1) is 8.70. The van der Waals surface area contributed by atoms with Gasteiger partial charge >= 0.3 is 5.97 Å². The molecule has 0 fully saturated rings. The van der Waals surface area contributed by atoms with Crippen molar-refractivity contribution >= 4 is 11.7 Å². The van der Waals surface area contributed by atoms with Crippen molar-refractivity contribution in [2.45, 2.75) is 19.9 Å². The van der Waals surface area contributed by atoms with Crippen LogP contribution < -0.4 is 5.32 Å². The smallest absolute Gasteiger partial charge is 0.337 e. The molecular formula is C14H15NO3. The van der Waals surface area contributed by atoms with E-state index in [1.54, 1.807) is 24.3 Å². The Hall–Kier alpha value is -2.23. The quantitative estimate of drug-likeness (QED) is 0.849. The van der Waals surface area contributed by atoms with E-state index < -0.39 is 5.97 Å². The second-order valence-electron chi connectivity index (χ2n) is 3.93. The zero-order valence-corrected chi connectivity index (χ0v) is 10.1. The summed E-state index contributed by atoms with van der Waals surface area (Å²) in [7, 11) is 0. The highest BCUT2D eigenvalue weighted by molar-refractivity contribution is 5.94. The Morgan fingerprint density at radius 1 is 1.22 bits per heavy atom. The van der Waals surface area contributed by atoms with Crippen LogP contribution in [0.3, 0.4) is 0 Å². The molecule has 0 spiro atoms. The number of aromatic carboxylic acids is 1. The molecule has 1 aromatic carbocycles. The van der Waals surface area contributed by atoms with Crippen molar-refractivity contribution in [2.75, 3.05) is 5.32 Å². The number of para-hydroxylation sites is 1. The van der Waals surface area contributed by atoms with Crippen LogP contribution in [0, 0.1) is 0 Å². The summed E-state index contributed by atoms with van der Waals surface area (Å²) in [5.74, 6) is 0.789. The molecule has 4 heteroatoms. The third-order valence-corrected chi connectivity index (χ3v) is 2.68. The average molecular weight is 245 g/mol. The van der Waals surface area contributed by atoms with Crippen LogP contribution in [0.25, 0.3) is 0 Å². The van der Waals surface area contributed by atoms with Gasteiger partial charge in [0.15, 0.2) is 0 Å². The number of benzene rings is 1. The van der Waals surface area contributed by atoms with E-state index in [1.807, 2.05) is 19.1 Å². The van der Waals surface area contributed by atoms with Crippen molar-refractivity contribution in [1.82, 2.24) is 0 Å².